The molecule has 1 saturated carbocycles. The van der Waals surface area contributed by atoms with Gasteiger partial charge in [-0.3, -0.25) is 0 Å². The molecule has 2 aromatic rings. The number of nitrogens with zero attached hydrogens (tertiary/aromatic N) is 1. The number of aromatic nitrogens is 1. The van der Waals surface area contributed by atoms with E-state index in [0.29, 0.717) is 0 Å². The molecular weight excluding hydrogens is 312 g/mol. The van der Waals surface area contributed by atoms with Gasteiger partial charge < -0.3 is 10.2 Å². The number of halogens is 1. The van der Waals surface area contributed by atoms with E-state index in [2.05, 4.69) is 20.9 Å². The van der Waals surface area contributed by atoms with Crippen LogP contribution >= 0.6 is 27.3 Å². The molecule has 0 amide bonds. The van der Waals surface area contributed by atoms with Gasteiger partial charge in [-0.1, -0.05) is 19.3 Å². The molecule has 1 aliphatic rings. The van der Waals surface area contributed by atoms with E-state index < -0.39 is 0 Å². The highest BCUT2D eigenvalue weighted by Gasteiger charge is 2.32. The molecule has 0 spiro atoms. The van der Waals surface area contributed by atoms with Crippen LogP contribution in [0.3, 0.4) is 0 Å². The Morgan fingerprint density at radius 1 is 1.28 bits per heavy atom. The largest absolute Gasteiger partial charge is 0.448 e. The second-order valence-corrected chi connectivity index (χ2v) is 6.50. The van der Waals surface area contributed by atoms with Crippen molar-refractivity contribution in [3.05, 3.63) is 27.2 Å². The monoisotopic (exact) mass is 326 g/mol. The highest BCUT2D eigenvalue weighted by molar-refractivity contribution is 9.10. The molecule has 5 heteroatoms. The van der Waals surface area contributed by atoms with Gasteiger partial charge in [-0.25, -0.2) is 4.98 Å². The second kappa shape index (κ2) is 4.79. The summed E-state index contributed by atoms with van der Waals surface area (Å²) in [6, 6.07) is 3.81. The average molecular weight is 327 g/mol. The molecule has 2 heterocycles. The van der Waals surface area contributed by atoms with Crippen LogP contribution in [-0.2, 0) is 5.54 Å². The predicted molar refractivity (Wildman–Crippen MR) is 76.5 cm³/mol. The molecule has 1 fully saturated rings. The maximum absolute atomic E-state index is 6.49. The summed E-state index contributed by atoms with van der Waals surface area (Å²) in [5.74, 6) is 0.795. The third-order valence-electron chi connectivity index (χ3n) is 3.50. The molecule has 96 valence electrons. The van der Waals surface area contributed by atoms with Crippen LogP contribution < -0.4 is 5.73 Å². The third-order valence-corrected chi connectivity index (χ3v) is 4.99. The number of furan rings is 1. The van der Waals surface area contributed by atoms with Crippen LogP contribution in [0, 0.1) is 0 Å². The van der Waals surface area contributed by atoms with E-state index in [1.807, 2.05) is 17.5 Å². The lowest BCUT2D eigenvalue weighted by Gasteiger charge is -2.31. The Hall–Kier alpha value is -0.650. The maximum atomic E-state index is 6.49. The summed E-state index contributed by atoms with van der Waals surface area (Å²) in [6.45, 7) is 0. The topological polar surface area (TPSA) is 52.0 Å². The fourth-order valence-corrected chi connectivity index (χ4v) is 3.75. The van der Waals surface area contributed by atoms with Gasteiger partial charge in [0.25, 0.3) is 0 Å². The van der Waals surface area contributed by atoms with Crippen LogP contribution in [0.4, 0.5) is 0 Å². The normalized spacial score (nSPS) is 19.0. The van der Waals surface area contributed by atoms with Gasteiger partial charge in [-0.05, 0) is 40.9 Å². The van der Waals surface area contributed by atoms with Crippen molar-refractivity contribution in [1.82, 2.24) is 4.98 Å². The van der Waals surface area contributed by atoms with Gasteiger partial charge in [0.2, 0.25) is 0 Å². The number of hydrogen-bond acceptors (Lipinski definition) is 4. The van der Waals surface area contributed by atoms with Gasteiger partial charge in [-0.2, -0.15) is 0 Å². The Labute approximate surface area is 119 Å². The van der Waals surface area contributed by atoms with Crippen LogP contribution in [0.1, 0.15) is 37.1 Å². The predicted octanol–water partition coefficient (Wildman–Crippen LogP) is 4.28. The van der Waals surface area contributed by atoms with Gasteiger partial charge in [-0.15, -0.1) is 11.3 Å². The third kappa shape index (κ3) is 2.27. The van der Waals surface area contributed by atoms with Crippen molar-refractivity contribution >= 4 is 27.3 Å². The van der Waals surface area contributed by atoms with Gasteiger partial charge in [0, 0.05) is 5.38 Å². The van der Waals surface area contributed by atoms with E-state index in [1.54, 1.807) is 11.3 Å². The van der Waals surface area contributed by atoms with Crippen LogP contribution in [0.15, 0.2) is 26.6 Å². The van der Waals surface area contributed by atoms with Crippen molar-refractivity contribution in [2.24, 2.45) is 5.73 Å². The molecule has 0 bridgehead atoms. The Morgan fingerprint density at radius 2 is 2.06 bits per heavy atom. The molecule has 0 aliphatic heterocycles. The first-order valence-electron chi connectivity index (χ1n) is 6.18. The zero-order chi connectivity index (χ0) is 12.6. The number of nitrogens with two attached hydrogens (primary N) is 1. The van der Waals surface area contributed by atoms with Gasteiger partial charge in [0.05, 0.1) is 5.54 Å². The Bertz CT molecular complexity index is 543. The summed E-state index contributed by atoms with van der Waals surface area (Å²) in [4.78, 5) is 4.67. The summed E-state index contributed by atoms with van der Waals surface area (Å²) in [5, 5.41) is 3.08. The first-order valence-corrected chi connectivity index (χ1v) is 7.85. The van der Waals surface area contributed by atoms with E-state index in [1.165, 1.54) is 19.3 Å². The smallest absolute Gasteiger partial charge is 0.169 e. The lowest BCUT2D eigenvalue weighted by Crippen LogP contribution is -2.38. The van der Waals surface area contributed by atoms with Crippen molar-refractivity contribution in [2.45, 2.75) is 37.6 Å². The highest BCUT2D eigenvalue weighted by atomic mass is 79.9. The lowest BCUT2D eigenvalue weighted by atomic mass is 9.83. The van der Waals surface area contributed by atoms with Crippen molar-refractivity contribution in [2.75, 3.05) is 0 Å². The zero-order valence-corrected chi connectivity index (χ0v) is 12.4. The molecule has 2 aromatic heterocycles. The molecule has 0 radical (unpaired) electrons. The Balaban J connectivity index is 1.89. The van der Waals surface area contributed by atoms with Crippen LogP contribution in [-0.4, -0.2) is 4.98 Å². The molecule has 18 heavy (non-hydrogen) atoms. The van der Waals surface area contributed by atoms with Crippen LogP contribution in [0.5, 0.6) is 0 Å². The maximum Gasteiger partial charge on any atom is 0.169 e. The molecule has 0 aromatic carbocycles. The first kappa shape index (κ1) is 12.4. The molecule has 0 atom stereocenters. The SMILES string of the molecule is NC1(c2nc(-c3ccc(Br)o3)cs2)CCCCC1. The molecule has 0 unspecified atom stereocenters. The van der Waals surface area contributed by atoms with Gasteiger partial charge in [0.1, 0.15) is 10.7 Å². The summed E-state index contributed by atoms with van der Waals surface area (Å²) in [6.07, 6.45) is 5.79. The Morgan fingerprint density at radius 3 is 2.72 bits per heavy atom. The van der Waals surface area contributed by atoms with Crippen LogP contribution in [0.2, 0.25) is 0 Å². The van der Waals surface area contributed by atoms with Crippen molar-refractivity contribution in [3.63, 3.8) is 0 Å². The summed E-state index contributed by atoms with van der Waals surface area (Å²) in [5.41, 5.74) is 7.15. The quantitative estimate of drug-likeness (QED) is 0.895. The zero-order valence-electron chi connectivity index (χ0n) is 9.99. The minimum Gasteiger partial charge on any atom is -0.448 e. The molecular formula is C13H15BrN2OS. The van der Waals surface area contributed by atoms with Crippen molar-refractivity contribution < 1.29 is 4.42 Å². The number of rotatable bonds is 2. The average Bonchev–Trinajstić information content (AvgIpc) is 2.98. The molecule has 0 saturated heterocycles. The lowest BCUT2D eigenvalue weighted by molar-refractivity contribution is 0.301. The summed E-state index contributed by atoms with van der Waals surface area (Å²) in [7, 11) is 0. The molecule has 3 nitrogen and oxygen atoms in total. The van der Waals surface area contributed by atoms with E-state index >= 15 is 0 Å². The fraction of sp³-hybridized carbons (Fsp3) is 0.462. The second-order valence-electron chi connectivity index (χ2n) is 4.86. The molecule has 2 N–H and O–H groups in total. The number of hydrogen-bond donors (Lipinski definition) is 1. The summed E-state index contributed by atoms with van der Waals surface area (Å²) < 4.78 is 6.25. The minimum atomic E-state index is -0.217. The van der Waals surface area contributed by atoms with E-state index in [4.69, 9.17) is 10.2 Å². The van der Waals surface area contributed by atoms with Crippen molar-refractivity contribution in [1.29, 1.82) is 0 Å². The molecule has 3 rings (SSSR count). The van der Waals surface area contributed by atoms with Crippen molar-refractivity contribution in [3.8, 4) is 11.5 Å². The fourth-order valence-electron chi connectivity index (χ4n) is 2.46. The van der Waals surface area contributed by atoms with Gasteiger partial charge >= 0.3 is 0 Å². The standard InChI is InChI=1S/C13H15BrN2OS/c14-11-5-4-10(17-11)9-8-18-12(16-9)13(15)6-2-1-3-7-13/h4-5,8H,1-3,6-7,15H2. The van der Waals surface area contributed by atoms with E-state index in [-0.39, 0.29) is 5.54 Å². The summed E-state index contributed by atoms with van der Waals surface area (Å²) >= 11 is 4.96. The Kier molecular flexibility index (Phi) is 3.30. The highest BCUT2D eigenvalue weighted by Crippen LogP contribution is 2.38. The van der Waals surface area contributed by atoms with E-state index in [9.17, 15) is 0 Å². The first-order chi connectivity index (χ1) is 8.67. The number of thiazole rings is 1. The van der Waals surface area contributed by atoms with Gasteiger partial charge in [0.15, 0.2) is 10.4 Å². The van der Waals surface area contributed by atoms with E-state index in [0.717, 1.165) is 34.0 Å². The molecule has 1 aliphatic carbocycles. The van der Waals surface area contributed by atoms with Crippen LogP contribution in [0.25, 0.3) is 11.5 Å². The minimum absolute atomic E-state index is 0.217.